The van der Waals surface area contributed by atoms with Gasteiger partial charge in [0.05, 0.1) is 29.2 Å². The number of rotatable bonds is 7. The van der Waals surface area contributed by atoms with E-state index in [0.717, 1.165) is 11.3 Å². The minimum Gasteiger partial charge on any atom is -0.469 e. The van der Waals surface area contributed by atoms with E-state index in [4.69, 9.17) is 9.56 Å². The Bertz CT molecular complexity index is 1050. The highest BCUT2D eigenvalue weighted by molar-refractivity contribution is 14.0. The Labute approximate surface area is 193 Å². The Morgan fingerprint density at radius 1 is 1.23 bits per heavy atom. The first-order valence-corrected chi connectivity index (χ1v) is 12.5. The molecule has 30 heavy (non-hydrogen) atoms. The lowest BCUT2D eigenvalue weighted by molar-refractivity contribution is 0.506. The number of primary sulfonamides is 1. The molecule has 1 fully saturated rings. The average molecular weight is 568 g/mol. The summed E-state index contributed by atoms with van der Waals surface area (Å²) in [5, 5.41) is 11.5. The molecule has 1 atom stereocenters. The summed E-state index contributed by atoms with van der Waals surface area (Å²) in [5.41, 5.74) is 0.795. The molecule has 4 N–H and O–H groups in total. The van der Waals surface area contributed by atoms with Crippen LogP contribution in [-0.2, 0) is 32.8 Å². The number of sulfone groups is 1. The van der Waals surface area contributed by atoms with Crippen molar-refractivity contribution in [2.75, 3.05) is 18.1 Å². The van der Waals surface area contributed by atoms with Crippen LogP contribution in [0.25, 0.3) is 0 Å². The van der Waals surface area contributed by atoms with E-state index in [1.807, 2.05) is 12.1 Å². The fraction of sp³-hybridized carbons (Fsp3) is 0.389. The highest BCUT2D eigenvalue weighted by atomic mass is 127. The Hall–Kier alpha value is -1.64. The van der Waals surface area contributed by atoms with E-state index in [1.165, 1.54) is 12.1 Å². The number of hydrogen-bond acceptors (Lipinski definition) is 6. The third kappa shape index (κ3) is 7.56. The Kier molecular flexibility index (Phi) is 8.70. The molecule has 0 spiro atoms. The first-order valence-electron chi connectivity index (χ1n) is 9.11. The monoisotopic (exact) mass is 568 g/mol. The normalized spacial score (nSPS) is 18.6. The van der Waals surface area contributed by atoms with Crippen LogP contribution in [0.15, 0.2) is 57.0 Å². The van der Waals surface area contributed by atoms with Gasteiger partial charge in [-0.1, -0.05) is 12.1 Å². The summed E-state index contributed by atoms with van der Waals surface area (Å²) >= 11 is 0. The van der Waals surface area contributed by atoms with Crippen LogP contribution in [0.3, 0.4) is 0 Å². The zero-order valence-corrected chi connectivity index (χ0v) is 20.1. The van der Waals surface area contributed by atoms with Crippen molar-refractivity contribution in [1.29, 1.82) is 0 Å². The van der Waals surface area contributed by atoms with Crippen LogP contribution in [0.4, 0.5) is 0 Å². The molecule has 1 aromatic carbocycles. The molecular weight excluding hydrogens is 543 g/mol. The maximum Gasteiger partial charge on any atom is 0.238 e. The summed E-state index contributed by atoms with van der Waals surface area (Å²) in [4.78, 5) is 4.54. The van der Waals surface area contributed by atoms with Crippen LogP contribution in [0.5, 0.6) is 0 Å². The zero-order chi connectivity index (χ0) is 20.9. The Morgan fingerprint density at radius 3 is 2.53 bits per heavy atom. The van der Waals surface area contributed by atoms with Crippen LogP contribution < -0.4 is 15.8 Å². The number of aliphatic imine (C=N–C) groups is 1. The van der Waals surface area contributed by atoms with Gasteiger partial charge in [0.25, 0.3) is 0 Å². The molecule has 3 rings (SSSR count). The van der Waals surface area contributed by atoms with E-state index >= 15 is 0 Å². The third-order valence-corrected chi connectivity index (χ3v) is 7.19. The summed E-state index contributed by atoms with van der Waals surface area (Å²) in [7, 11) is -6.75. The highest BCUT2D eigenvalue weighted by Gasteiger charge is 2.28. The number of nitrogens with one attached hydrogen (secondary N) is 2. The molecule has 1 aliphatic rings. The molecule has 1 aromatic heterocycles. The van der Waals surface area contributed by atoms with Crippen molar-refractivity contribution < 1.29 is 21.3 Å². The van der Waals surface area contributed by atoms with E-state index in [0.29, 0.717) is 31.9 Å². The number of benzene rings is 1. The molecule has 0 radical (unpaired) electrons. The number of hydrogen-bond donors (Lipinski definition) is 3. The molecular formula is C18H25IN4O5S2. The first-order chi connectivity index (χ1) is 13.7. The van der Waals surface area contributed by atoms with Crippen molar-refractivity contribution in [1.82, 2.24) is 10.6 Å². The molecule has 9 nitrogen and oxygen atoms in total. The molecule has 12 heteroatoms. The van der Waals surface area contributed by atoms with E-state index < -0.39 is 19.9 Å². The molecule has 166 valence electrons. The smallest absolute Gasteiger partial charge is 0.238 e. The molecule has 1 saturated heterocycles. The molecule has 0 amide bonds. The van der Waals surface area contributed by atoms with Crippen LogP contribution in [0.1, 0.15) is 17.7 Å². The van der Waals surface area contributed by atoms with Crippen LogP contribution >= 0.6 is 24.0 Å². The second kappa shape index (κ2) is 10.6. The van der Waals surface area contributed by atoms with Crippen molar-refractivity contribution in [3.8, 4) is 0 Å². The van der Waals surface area contributed by atoms with Gasteiger partial charge in [-0.05, 0) is 36.2 Å². The van der Waals surface area contributed by atoms with Crippen molar-refractivity contribution in [3.63, 3.8) is 0 Å². The summed E-state index contributed by atoms with van der Waals surface area (Å²) in [6.45, 7) is 0.851. The number of sulfonamides is 1. The first kappa shape index (κ1) is 24.6. The minimum absolute atomic E-state index is 0. The lowest BCUT2D eigenvalue weighted by Gasteiger charge is -2.16. The molecule has 1 aliphatic heterocycles. The number of halogens is 1. The SMILES string of the molecule is I.NS(=O)(=O)c1ccc(CN=C(NCCc2ccco2)NC2CCS(=O)(=O)C2)cc1. The van der Waals surface area contributed by atoms with Crippen molar-refractivity contribution in [2.24, 2.45) is 10.1 Å². The highest BCUT2D eigenvalue weighted by Crippen LogP contribution is 2.12. The fourth-order valence-electron chi connectivity index (χ4n) is 2.97. The fourth-order valence-corrected chi connectivity index (χ4v) is 5.16. The Balaban J connectivity index is 0.00000320. The predicted octanol–water partition coefficient (Wildman–Crippen LogP) is 1.01. The third-order valence-electron chi connectivity index (χ3n) is 4.49. The van der Waals surface area contributed by atoms with Crippen molar-refractivity contribution >= 4 is 49.8 Å². The summed E-state index contributed by atoms with van der Waals surface area (Å²) in [6, 6.07) is 9.65. The van der Waals surface area contributed by atoms with Crippen LogP contribution in [0.2, 0.25) is 0 Å². The van der Waals surface area contributed by atoms with Crippen molar-refractivity contribution in [2.45, 2.75) is 30.3 Å². The molecule has 1 unspecified atom stereocenters. The van der Waals surface area contributed by atoms with Gasteiger partial charge in [-0.3, -0.25) is 0 Å². The lowest BCUT2D eigenvalue weighted by atomic mass is 10.2. The largest absolute Gasteiger partial charge is 0.469 e. The number of furan rings is 1. The average Bonchev–Trinajstić information content (AvgIpc) is 3.28. The molecule has 2 heterocycles. The standard InChI is InChI=1S/C18H24N4O5S2.HI/c19-29(25,26)17-5-3-14(4-6-17)12-21-18(20-9-7-16-2-1-10-27-16)22-15-8-11-28(23,24)13-15;/h1-6,10,15H,7-9,11-13H2,(H2,19,25,26)(H2,20,21,22);1H. The van der Waals surface area contributed by atoms with Gasteiger partial charge in [0.1, 0.15) is 5.76 Å². The van der Waals surface area contributed by atoms with Gasteiger partial charge in [-0.15, -0.1) is 24.0 Å². The van der Waals surface area contributed by atoms with E-state index in [-0.39, 0.29) is 46.4 Å². The van der Waals surface area contributed by atoms with E-state index in [2.05, 4.69) is 15.6 Å². The summed E-state index contributed by atoms with van der Waals surface area (Å²) < 4.78 is 51.4. The molecule has 0 bridgehead atoms. The number of nitrogens with zero attached hydrogens (tertiary/aromatic N) is 1. The van der Waals surface area contributed by atoms with E-state index in [1.54, 1.807) is 18.4 Å². The van der Waals surface area contributed by atoms with Gasteiger partial charge >= 0.3 is 0 Å². The molecule has 0 saturated carbocycles. The van der Waals surface area contributed by atoms with E-state index in [9.17, 15) is 16.8 Å². The summed E-state index contributed by atoms with van der Waals surface area (Å²) in [5.74, 6) is 1.57. The summed E-state index contributed by atoms with van der Waals surface area (Å²) in [6.07, 6.45) is 2.79. The maximum absolute atomic E-state index is 11.7. The number of nitrogens with two attached hydrogens (primary N) is 1. The lowest BCUT2D eigenvalue weighted by Crippen LogP contribution is -2.44. The van der Waals surface area contributed by atoms with Gasteiger partial charge in [0.2, 0.25) is 10.0 Å². The molecule has 2 aromatic rings. The maximum atomic E-state index is 11.7. The van der Waals surface area contributed by atoms with Gasteiger partial charge in [-0.2, -0.15) is 0 Å². The van der Waals surface area contributed by atoms with Gasteiger partial charge < -0.3 is 15.1 Å². The minimum atomic E-state index is -3.74. The predicted molar refractivity (Wildman–Crippen MR) is 125 cm³/mol. The van der Waals surface area contributed by atoms with Crippen molar-refractivity contribution in [3.05, 3.63) is 54.0 Å². The van der Waals surface area contributed by atoms with Gasteiger partial charge in [-0.25, -0.2) is 27.0 Å². The van der Waals surface area contributed by atoms with Crippen LogP contribution in [-0.4, -0.2) is 46.9 Å². The van der Waals surface area contributed by atoms with Crippen LogP contribution in [0, 0.1) is 0 Å². The van der Waals surface area contributed by atoms with Gasteiger partial charge in [0, 0.05) is 19.0 Å². The quantitative estimate of drug-likeness (QED) is 0.257. The second-order valence-electron chi connectivity index (χ2n) is 6.85. The molecule has 0 aliphatic carbocycles. The Morgan fingerprint density at radius 2 is 1.97 bits per heavy atom. The zero-order valence-electron chi connectivity index (χ0n) is 16.2. The topological polar surface area (TPSA) is 144 Å². The number of guanidine groups is 1. The van der Waals surface area contributed by atoms with Gasteiger partial charge in [0.15, 0.2) is 15.8 Å². The second-order valence-corrected chi connectivity index (χ2v) is 10.6.